The van der Waals surface area contributed by atoms with Crippen LogP contribution in [0.3, 0.4) is 0 Å². The monoisotopic (exact) mass is 513 g/mol. The molecule has 1 nitrogen and oxygen atoms in total. The van der Waals surface area contributed by atoms with Crippen molar-refractivity contribution in [1.82, 2.24) is 0 Å². The predicted molar refractivity (Wildman–Crippen MR) is 171 cm³/mol. The van der Waals surface area contributed by atoms with Crippen molar-refractivity contribution >= 4 is 22.9 Å². The maximum Gasteiger partial charge on any atom is 0.0421 e. The molecule has 0 amide bonds. The van der Waals surface area contributed by atoms with Crippen molar-refractivity contribution in [2.45, 2.75) is 19.3 Å². The van der Waals surface area contributed by atoms with E-state index in [0.717, 1.165) is 5.69 Å². The second-order valence-corrected chi connectivity index (χ2v) is 11.1. The molecule has 0 saturated heterocycles. The molecule has 7 rings (SSSR count). The predicted octanol–water partition coefficient (Wildman–Crippen LogP) is 10.2. The maximum atomic E-state index is 3.65. The molecule has 0 unspecified atom stereocenters. The summed E-state index contributed by atoms with van der Waals surface area (Å²) in [6, 6.07) is 43.7. The largest absolute Gasteiger partial charge is 0.361 e. The number of rotatable bonds is 3. The number of para-hydroxylation sites is 1. The number of allylic oxidation sites excluding steroid dienone is 4. The third-order valence-corrected chi connectivity index (χ3v) is 8.36. The Morgan fingerprint density at radius 2 is 1.05 bits per heavy atom. The first kappa shape index (κ1) is 24.2. The van der Waals surface area contributed by atoms with E-state index in [1.165, 1.54) is 61.2 Å². The molecule has 5 aromatic carbocycles. The fraction of sp³-hybridized carbons (Fsp3) is 0.0769. The summed E-state index contributed by atoms with van der Waals surface area (Å²) >= 11 is 0. The lowest BCUT2D eigenvalue weighted by Gasteiger charge is -2.30. The van der Waals surface area contributed by atoms with E-state index in [1.54, 1.807) is 0 Å². The van der Waals surface area contributed by atoms with Gasteiger partial charge in [-0.25, -0.2) is 0 Å². The molecule has 0 fully saturated rings. The molecule has 0 radical (unpaired) electrons. The Labute approximate surface area is 236 Å². The molecule has 1 aliphatic heterocycles. The van der Waals surface area contributed by atoms with Crippen molar-refractivity contribution in [2.75, 3.05) is 5.32 Å². The SMILES string of the molecule is CC1(C)c2ccccc2N/C=C2/C=C(c3ccc(-c4ccc(-c5ccccc5)cc4)cc3)C=Cc3c2cccc31. The van der Waals surface area contributed by atoms with Gasteiger partial charge in [0.25, 0.3) is 0 Å². The van der Waals surface area contributed by atoms with Crippen molar-refractivity contribution in [3.8, 4) is 22.3 Å². The van der Waals surface area contributed by atoms with Crippen LogP contribution in [-0.2, 0) is 5.41 Å². The Kier molecular flexibility index (Phi) is 5.86. The number of fused-ring (bicyclic) bond motifs is 1. The van der Waals surface area contributed by atoms with E-state index in [9.17, 15) is 0 Å². The molecule has 4 bridgehead atoms. The first-order valence-corrected chi connectivity index (χ1v) is 13.9. The summed E-state index contributed by atoms with van der Waals surface area (Å²) in [5.74, 6) is 0. The number of hydrogen-bond acceptors (Lipinski definition) is 1. The van der Waals surface area contributed by atoms with Crippen LogP contribution in [-0.4, -0.2) is 0 Å². The molecule has 1 N–H and O–H groups in total. The van der Waals surface area contributed by atoms with E-state index in [1.807, 2.05) is 0 Å². The van der Waals surface area contributed by atoms with E-state index >= 15 is 0 Å². The summed E-state index contributed by atoms with van der Waals surface area (Å²) in [6.07, 6.45) is 9.06. The molecule has 0 aromatic heterocycles. The van der Waals surface area contributed by atoms with Crippen LogP contribution in [0.4, 0.5) is 5.69 Å². The van der Waals surface area contributed by atoms with Crippen molar-refractivity contribution in [3.63, 3.8) is 0 Å². The van der Waals surface area contributed by atoms with Crippen molar-refractivity contribution < 1.29 is 0 Å². The van der Waals surface area contributed by atoms with Gasteiger partial charge in [-0.1, -0.05) is 141 Å². The lowest BCUT2D eigenvalue weighted by Crippen LogP contribution is -2.21. The van der Waals surface area contributed by atoms with E-state index in [4.69, 9.17) is 0 Å². The Morgan fingerprint density at radius 1 is 0.475 bits per heavy atom. The zero-order chi connectivity index (χ0) is 27.1. The van der Waals surface area contributed by atoms with E-state index in [0.29, 0.717) is 0 Å². The topological polar surface area (TPSA) is 12.0 Å². The Balaban J connectivity index is 1.25. The minimum atomic E-state index is -0.148. The Morgan fingerprint density at radius 3 is 1.75 bits per heavy atom. The van der Waals surface area contributed by atoms with E-state index in [2.05, 4.69) is 165 Å². The molecule has 192 valence electrons. The highest BCUT2D eigenvalue weighted by atomic mass is 14.8. The molecule has 1 heterocycles. The average Bonchev–Trinajstić information content (AvgIpc) is 3.19. The fourth-order valence-electron chi connectivity index (χ4n) is 6.10. The van der Waals surface area contributed by atoms with Crippen LogP contribution in [0.25, 0.3) is 39.5 Å². The molecular weight excluding hydrogens is 482 g/mol. The molecule has 5 aromatic rings. The zero-order valence-electron chi connectivity index (χ0n) is 22.9. The van der Waals surface area contributed by atoms with Gasteiger partial charge in [0, 0.05) is 17.3 Å². The summed E-state index contributed by atoms with van der Waals surface area (Å²) in [5, 5.41) is 3.65. The quantitative estimate of drug-likeness (QED) is 0.253. The van der Waals surface area contributed by atoms with Crippen molar-refractivity contribution in [2.24, 2.45) is 0 Å². The smallest absolute Gasteiger partial charge is 0.0421 e. The normalized spacial score (nSPS) is 16.1. The average molecular weight is 514 g/mol. The zero-order valence-corrected chi connectivity index (χ0v) is 22.9. The molecule has 2 aliphatic rings. The van der Waals surface area contributed by atoms with Gasteiger partial charge in [0.2, 0.25) is 0 Å². The van der Waals surface area contributed by atoms with Crippen LogP contribution < -0.4 is 5.32 Å². The van der Waals surface area contributed by atoms with Crippen LogP contribution in [0.2, 0.25) is 0 Å². The van der Waals surface area contributed by atoms with Crippen LogP contribution in [0.1, 0.15) is 41.7 Å². The molecule has 40 heavy (non-hydrogen) atoms. The van der Waals surface area contributed by atoms with Gasteiger partial charge in [-0.15, -0.1) is 0 Å². The standard InChI is InChI=1S/C39H31N/c1-39(2)36-13-8-11-34-33(26-40-38-14-7-6-12-37(38)39)25-32(23-24-35(34)36)31-21-19-30(20-22-31)29-17-15-28(16-18-29)27-9-4-3-5-10-27/h3-26,40H,1-2H3/b33-26-. The van der Waals surface area contributed by atoms with Crippen LogP contribution in [0.15, 0.2) is 140 Å². The van der Waals surface area contributed by atoms with Crippen molar-refractivity contribution in [1.29, 1.82) is 0 Å². The van der Waals surface area contributed by atoms with Crippen LogP contribution in [0, 0.1) is 0 Å². The second kappa shape index (κ2) is 9.70. The summed E-state index contributed by atoms with van der Waals surface area (Å²) < 4.78 is 0. The minimum Gasteiger partial charge on any atom is -0.361 e. The first-order chi connectivity index (χ1) is 19.6. The van der Waals surface area contributed by atoms with Gasteiger partial charge >= 0.3 is 0 Å². The highest BCUT2D eigenvalue weighted by Gasteiger charge is 2.30. The third kappa shape index (κ3) is 4.21. The molecule has 0 spiro atoms. The molecule has 0 atom stereocenters. The molecule has 1 heteroatoms. The Bertz CT molecular complexity index is 1800. The minimum absolute atomic E-state index is 0.148. The van der Waals surface area contributed by atoms with Gasteiger partial charge in [-0.3, -0.25) is 0 Å². The van der Waals surface area contributed by atoms with Crippen LogP contribution >= 0.6 is 0 Å². The molecule has 1 aliphatic carbocycles. The number of hydrogen-bond donors (Lipinski definition) is 1. The highest BCUT2D eigenvalue weighted by Crippen LogP contribution is 2.43. The van der Waals surface area contributed by atoms with Gasteiger partial charge in [0.05, 0.1) is 0 Å². The van der Waals surface area contributed by atoms with Gasteiger partial charge < -0.3 is 5.32 Å². The summed E-state index contributed by atoms with van der Waals surface area (Å²) in [6.45, 7) is 4.65. The third-order valence-electron chi connectivity index (χ3n) is 8.36. The number of anilines is 1. The van der Waals surface area contributed by atoms with Crippen molar-refractivity contribution in [3.05, 3.63) is 167 Å². The van der Waals surface area contributed by atoms with Gasteiger partial charge in [-0.05, 0) is 73.4 Å². The number of benzene rings is 5. The van der Waals surface area contributed by atoms with E-state index < -0.39 is 0 Å². The van der Waals surface area contributed by atoms with E-state index in [-0.39, 0.29) is 5.41 Å². The summed E-state index contributed by atoms with van der Waals surface area (Å²) in [7, 11) is 0. The summed E-state index contributed by atoms with van der Waals surface area (Å²) in [5.41, 5.74) is 14.7. The fourth-order valence-corrected chi connectivity index (χ4v) is 6.10. The molecular formula is C39H31N. The lowest BCUT2D eigenvalue weighted by molar-refractivity contribution is 0.641. The summed E-state index contributed by atoms with van der Waals surface area (Å²) in [4.78, 5) is 0. The molecule has 0 saturated carbocycles. The van der Waals surface area contributed by atoms with Crippen LogP contribution in [0.5, 0.6) is 0 Å². The first-order valence-electron chi connectivity index (χ1n) is 13.9. The Hall–Kier alpha value is -4.88. The second-order valence-electron chi connectivity index (χ2n) is 11.1. The lowest BCUT2D eigenvalue weighted by atomic mass is 9.74. The maximum absolute atomic E-state index is 3.65. The van der Waals surface area contributed by atoms with Gasteiger partial charge in [0.1, 0.15) is 0 Å². The number of nitrogens with one attached hydrogen (secondary N) is 1. The highest BCUT2D eigenvalue weighted by molar-refractivity contribution is 5.96. The van der Waals surface area contributed by atoms with Gasteiger partial charge in [0.15, 0.2) is 0 Å². The van der Waals surface area contributed by atoms with Gasteiger partial charge in [-0.2, -0.15) is 0 Å².